The van der Waals surface area contributed by atoms with E-state index in [1.807, 2.05) is 13.2 Å². The Morgan fingerprint density at radius 2 is 2.30 bits per heavy atom. The fraction of sp³-hybridized carbons (Fsp3) is 0.500. The minimum atomic E-state index is -1.22. The normalized spacial score (nSPS) is 11.9. The summed E-state index contributed by atoms with van der Waals surface area (Å²) >= 11 is 1.65. The molecule has 1 rings (SSSR count). The molecule has 7 nitrogen and oxygen atoms in total. The molecule has 1 heterocycles. The fourth-order valence-electron chi connectivity index (χ4n) is 1.85. The van der Waals surface area contributed by atoms with E-state index in [1.54, 1.807) is 23.7 Å². The van der Waals surface area contributed by atoms with E-state index >= 15 is 0 Å². The maximum atomic E-state index is 11.3. The molecule has 0 aromatic carbocycles. The summed E-state index contributed by atoms with van der Waals surface area (Å²) in [4.78, 5) is 27.1. The Morgan fingerprint density at radius 1 is 1.65 bits per heavy atom. The van der Waals surface area contributed by atoms with Gasteiger partial charge < -0.3 is 10.0 Å². The third kappa shape index (κ3) is 3.60. The summed E-state index contributed by atoms with van der Waals surface area (Å²) in [7, 11) is 1.75. The van der Waals surface area contributed by atoms with Crippen molar-refractivity contribution in [1.29, 1.82) is 0 Å². The number of hydrogen-bond acceptors (Lipinski definition) is 6. The van der Waals surface area contributed by atoms with E-state index in [2.05, 4.69) is 4.98 Å². The van der Waals surface area contributed by atoms with Gasteiger partial charge in [-0.25, -0.2) is 9.78 Å². The molecule has 0 aliphatic heterocycles. The number of aromatic carboxylic acids is 1. The van der Waals surface area contributed by atoms with Crippen LogP contribution in [0.25, 0.3) is 0 Å². The quantitative estimate of drug-likeness (QED) is 0.609. The molecule has 1 unspecified atom stereocenters. The predicted molar refractivity (Wildman–Crippen MR) is 78.7 cm³/mol. The Hall–Kier alpha value is -1.83. The zero-order valence-electron chi connectivity index (χ0n) is 11.6. The number of nitro groups is 1. The molecule has 0 aliphatic carbocycles. The standard InChI is InChI=1S/C12H17N3O4S/c1-4-8(7-20-3)14(2)11-10(12(16)17)5-9(6-13-11)15(18)19/h5-6,8H,4,7H2,1-3H3,(H,16,17). The van der Waals surface area contributed by atoms with Crippen LogP contribution < -0.4 is 4.90 Å². The molecule has 1 atom stereocenters. The number of pyridine rings is 1. The van der Waals surface area contributed by atoms with Crippen LogP contribution in [0.1, 0.15) is 23.7 Å². The van der Waals surface area contributed by atoms with Crippen molar-refractivity contribution in [3.8, 4) is 0 Å². The van der Waals surface area contributed by atoms with Gasteiger partial charge in [-0.15, -0.1) is 0 Å². The summed E-state index contributed by atoms with van der Waals surface area (Å²) < 4.78 is 0. The minimum Gasteiger partial charge on any atom is -0.478 e. The van der Waals surface area contributed by atoms with Gasteiger partial charge in [0.25, 0.3) is 5.69 Å². The molecule has 0 aliphatic rings. The van der Waals surface area contributed by atoms with E-state index in [-0.39, 0.29) is 23.1 Å². The summed E-state index contributed by atoms with van der Waals surface area (Å²) in [5, 5.41) is 19.9. The van der Waals surface area contributed by atoms with Crippen molar-refractivity contribution in [2.75, 3.05) is 24.0 Å². The van der Waals surface area contributed by atoms with Gasteiger partial charge in [0.15, 0.2) is 0 Å². The van der Waals surface area contributed by atoms with Gasteiger partial charge in [0, 0.05) is 24.9 Å². The lowest BCUT2D eigenvalue weighted by molar-refractivity contribution is -0.385. The first-order chi connectivity index (χ1) is 9.42. The van der Waals surface area contributed by atoms with Crippen molar-refractivity contribution in [1.82, 2.24) is 4.98 Å². The molecule has 0 bridgehead atoms. The van der Waals surface area contributed by atoms with Crippen LogP contribution in [0.4, 0.5) is 11.5 Å². The molecule has 0 fully saturated rings. The fourth-order valence-corrected chi connectivity index (χ4v) is 2.70. The second-order valence-electron chi connectivity index (χ2n) is 4.26. The summed E-state index contributed by atoms with van der Waals surface area (Å²) in [6.07, 6.45) is 3.89. The third-order valence-electron chi connectivity index (χ3n) is 3.01. The number of anilines is 1. The predicted octanol–water partition coefficient (Wildman–Crippen LogP) is 2.27. The van der Waals surface area contributed by atoms with Crippen LogP contribution in [0, 0.1) is 10.1 Å². The number of hydrogen-bond donors (Lipinski definition) is 1. The van der Waals surface area contributed by atoms with Gasteiger partial charge in [-0.1, -0.05) is 6.92 Å². The van der Waals surface area contributed by atoms with Gasteiger partial charge in [0.2, 0.25) is 0 Å². The SMILES string of the molecule is CCC(CSC)N(C)c1ncc([N+](=O)[O-])cc1C(=O)O. The Morgan fingerprint density at radius 3 is 2.75 bits per heavy atom. The molecule has 110 valence electrons. The van der Waals surface area contributed by atoms with Crippen LogP contribution in [0.2, 0.25) is 0 Å². The molecule has 0 radical (unpaired) electrons. The molecular weight excluding hydrogens is 282 g/mol. The zero-order valence-corrected chi connectivity index (χ0v) is 12.4. The Kier molecular flexibility index (Phi) is 5.75. The average Bonchev–Trinajstić information content (AvgIpc) is 2.43. The first-order valence-electron chi connectivity index (χ1n) is 6.01. The van der Waals surface area contributed by atoms with Crippen molar-refractivity contribution >= 4 is 29.2 Å². The van der Waals surface area contributed by atoms with E-state index in [0.717, 1.165) is 24.4 Å². The number of carbonyl (C=O) groups is 1. The van der Waals surface area contributed by atoms with Gasteiger partial charge in [-0.3, -0.25) is 10.1 Å². The smallest absolute Gasteiger partial charge is 0.339 e. The summed E-state index contributed by atoms with van der Waals surface area (Å²) in [5.41, 5.74) is -0.473. The highest BCUT2D eigenvalue weighted by Gasteiger charge is 2.23. The molecular formula is C12H17N3O4S. The van der Waals surface area contributed by atoms with Crippen LogP contribution in [0.15, 0.2) is 12.3 Å². The highest BCUT2D eigenvalue weighted by atomic mass is 32.2. The van der Waals surface area contributed by atoms with E-state index in [1.165, 1.54) is 0 Å². The molecule has 20 heavy (non-hydrogen) atoms. The lowest BCUT2D eigenvalue weighted by Gasteiger charge is -2.28. The van der Waals surface area contributed by atoms with Gasteiger partial charge >= 0.3 is 5.97 Å². The average molecular weight is 299 g/mol. The molecule has 0 saturated heterocycles. The van der Waals surface area contributed by atoms with Gasteiger partial charge in [0.05, 0.1) is 4.92 Å². The Balaban J connectivity index is 3.22. The summed E-state index contributed by atoms with van der Waals surface area (Å²) in [6.45, 7) is 2.00. The number of rotatable bonds is 7. The van der Waals surface area contributed by atoms with Gasteiger partial charge in [0.1, 0.15) is 17.6 Å². The topological polar surface area (TPSA) is 96.6 Å². The minimum absolute atomic E-state index is 0.122. The van der Waals surface area contributed by atoms with Crippen LogP contribution in [0.3, 0.4) is 0 Å². The van der Waals surface area contributed by atoms with Crippen molar-refractivity contribution in [3.63, 3.8) is 0 Å². The first kappa shape index (κ1) is 16.2. The molecule has 0 saturated carbocycles. The highest BCUT2D eigenvalue weighted by molar-refractivity contribution is 7.98. The van der Waals surface area contributed by atoms with Crippen molar-refractivity contribution in [3.05, 3.63) is 27.9 Å². The second kappa shape index (κ2) is 7.09. The van der Waals surface area contributed by atoms with Crippen LogP contribution >= 0.6 is 11.8 Å². The maximum absolute atomic E-state index is 11.3. The number of nitrogens with zero attached hydrogens (tertiary/aromatic N) is 3. The van der Waals surface area contributed by atoms with Crippen molar-refractivity contribution in [2.45, 2.75) is 19.4 Å². The highest BCUT2D eigenvalue weighted by Crippen LogP contribution is 2.24. The summed E-state index contributed by atoms with van der Waals surface area (Å²) in [6, 6.07) is 1.17. The van der Waals surface area contributed by atoms with Crippen LogP contribution in [0.5, 0.6) is 0 Å². The van der Waals surface area contributed by atoms with E-state index in [0.29, 0.717) is 0 Å². The van der Waals surface area contributed by atoms with Crippen molar-refractivity contribution in [2.24, 2.45) is 0 Å². The number of carboxylic acids is 1. The monoisotopic (exact) mass is 299 g/mol. The largest absolute Gasteiger partial charge is 0.478 e. The van der Waals surface area contributed by atoms with E-state index < -0.39 is 10.9 Å². The first-order valence-corrected chi connectivity index (χ1v) is 7.41. The number of carboxylic acid groups (broad SMARTS) is 1. The molecule has 1 aromatic rings. The lowest BCUT2D eigenvalue weighted by Crippen LogP contribution is -2.35. The molecule has 0 amide bonds. The molecule has 0 spiro atoms. The Bertz CT molecular complexity index is 509. The number of aromatic nitrogens is 1. The maximum Gasteiger partial charge on any atom is 0.339 e. The van der Waals surface area contributed by atoms with E-state index in [9.17, 15) is 20.0 Å². The molecule has 1 aromatic heterocycles. The lowest BCUT2D eigenvalue weighted by atomic mass is 10.2. The van der Waals surface area contributed by atoms with Gasteiger partial charge in [-0.2, -0.15) is 11.8 Å². The van der Waals surface area contributed by atoms with Gasteiger partial charge in [-0.05, 0) is 12.7 Å². The molecule has 8 heteroatoms. The second-order valence-corrected chi connectivity index (χ2v) is 5.17. The number of thioether (sulfide) groups is 1. The van der Waals surface area contributed by atoms with Crippen LogP contribution in [-0.4, -0.2) is 46.1 Å². The Labute approximate surface area is 121 Å². The van der Waals surface area contributed by atoms with Crippen LogP contribution in [-0.2, 0) is 0 Å². The molecule has 1 N–H and O–H groups in total. The third-order valence-corrected chi connectivity index (χ3v) is 3.72. The zero-order chi connectivity index (χ0) is 15.3. The summed E-state index contributed by atoms with van der Waals surface area (Å²) in [5.74, 6) is -0.142. The van der Waals surface area contributed by atoms with E-state index in [4.69, 9.17) is 0 Å². The van der Waals surface area contributed by atoms with Crippen molar-refractivity contribution < 1.29 is 14.8 Å².